The molecule has 1 aliphatic heterocycles. The van der Waals surface area contributed by atoms with Crippen LogP contribution in [0, 0.1) is 12.5 Å². The summed E-state index contributed by atoms with van der Waals surface area (Å²) in [7, 11) is 1.21. The van der Waals surface area contributed by atoms with Gasteiger partial charge in [0.2, 0.25) is 0 Å². The number of likely N-dealkylation sites (N-methyl/N-ethyl adjacent to an activating group) is 1. The molecule has 0 unspecified atom stereocenters. The average Bonchev–Trinajstić information content (AvgIpc) is 3.18. The maximum absolute atomic E-state index is 12.9. The molecule has 7 heteroatoms. The predicted molar refractivity (Wildman–Crippen MR) is 87.3 cm³/mol. The van der Waals surface area contributed by atoms with Gasteiger partial charge in [-0.15, -0.1) is 0 Å². The maximum Gasteiger partial charge on any atom is 0.302 e. The van der Waals surface area contributed by atoms with Crippen LogP contribution in [0.5, 0.6) is 0 Å². The minimum Gasteiger partial charge on any atom is -0.346 e. The van der Waals surface area contributed by atoms with Gasteiger partial charge in [0, 0.05) is 18.2 Å². The van der Waals surface area contributed by atoms with E-state index < -0.39 is 43.7 Å². The number of hydrogen-bond acceptors (Lipinski definition) is 2. The van der Waals surface area contributed by atoms with Crippen LogP contribution in [0.3, 0.4) is 0 Å². The standard InChI is InChI=1S/C16H20N6O/c1-11-5-7-22(14(23)8-17-2)9-13(11)21(3)16-12-4-6-18-15(12)19-10-20-16/h4,6,10-11,13H,5,7-9H2,1,3H3,(H,18,19,20)/p+1/t11-,13-/m1/s1/i5D2,7D2,8D2,9D2,10D,13D. The van der Waals surface area contributed by atoms with Crippen LogP contribution < -0.4 is 10.1 Å². The summed E-state index contributed by atoms with van der Waals surface area (Å²) < 4.78 is 83.8. The molecule has 1 saturated heterocycles. The number of carbonyl (C=O) groups excluding carboxylic acids is 1. The summed E-state index contributed by atoms with van der Waals surface area (Å²) in [6.45, 7) is -2.12. The van der Waals surface area contributed by atoms with Gasteiger partial charge in [-0.2, -0.15) is 4.98 Å². The van der Waals surface area contributed by atoms with Crippen molar-refractivity contribution in [3.05, 3.63) is 35.5 Å². The second-order valence-electron chi connectivity index (χ2n) is 4.84. The summed E-state index contributed by atoms with van der Waals surface area (Å²) in [5, 5.41) is 0.312. The molecule has 0 radical (unpaired) electrons. The van der Waals surface area contributed by atoms with Crippen LogP contribution in [-0.4, -0.2) is 58.3 Å². The van der Waals surface area contributed by atoms with E-state index >= 15 is 0 Å². The van der Waals surface area contributed by atoms with Gasteiger partial charge in [0.15, 0.2) is 6.30 Å². The number of hydrogen-bond donors (Lipinski definition) is 2. The Morgan fingerprint density at radius 2 is 2.61 bits per heavy atom. The van der Waals surface area contributed by atoms with E-state index in [4.69, 9.17) is 20.3 Å². The molecule has 3 heterocycles. The van der Waals surface area contributed by atoms with Crippen LogP contribution in [0.15, 0.2) is 18.6 Å². The molecule has 1 fully saturated rings. The van der Waals surface area contributed by atoms with E-state index in [9.17, 15) is 4.79 Å². The van der Waals surface area contributed by atoms with E-state index in [0.717, 1.165) is 11.5 Å². The van der Waals surface area contributed by atoms with E-state index in [-0.39, 0.29) is 22.3 Å². The predicted octanol–water partition coefficient (Wildman–Crippen LogP) is 0.449. The number of nitrogens with one attached hydrogen (secondary N) is 2. The Bertz CT molecular complexity index is 1240. The van der Waals surface area contributed by atoms with Crippen LogP contribution in [0.2, 0.25) is 0 Å². The van der Waals surface area contributed by atoms with Crippen molar-refractivity contribution in [3.63, 3.8) is 0 Å². The van der Waals surface area contributed by atoms with Gasteiger partial charge in [-0.3, -0.25) is 9.37 Å². The Morgan fingerprint density at radius 1 is 1.78 bits per heavy atom. The lowest BCUT2D eigenvalue weighted by Crippen LogP contribution is -2.54. The lowest BCUT2D eigenvalue weighted by molar-refractivity contribution is -0.131. The molecular formula is C16H21N6O+. The Labute approximate surface area is 148 Å². The highest BCUT2D eigenvalue weighted by molar-refractivity contribution is 5.79. The number of amides is 1. The summed E-state index contributed by atoms with van der Waals surface area (Å²) >= 11 is 0. The zero-order chi connectivity index (χ0) is 25.4. The highest BCUT2D eigenvalue weighted by Crippen LogP contribution is 2.18. The van der Waals surface area contributed by atoms with Gasteiger partial charge >= 0.3 is 5.91 Å². The minimum absolute atomic E-state index is 0.0316. The lowest BCUT2D eigenvalue weighted by Gasteiger charge is -2.35. The smallest absolute Gasteiger partial charge is 0.302 e. The Balaban J connectivity index is 2.45. The van der Waals surface area contributed by atoms with Gasteiger partial charge in [-0.1, -0.05) is 6.92 Å². The van der Waals surface area contributed by atoms with Crippen molar-refractivity contribution in [3.8, 4) is 0 Å². The van der Waals surface area contributed by atoms with E-state index in [1.807, 2.05) is 0 Å². The molecule has 0 aromatic carbocycles. The summed E-state index contributed by atoms with van der Waals surface area (Å²) in [6.07, 6.45) is -1.94. The number of fused-ring (bicyclic) bond motifs is 1. The first-order valence-corrected chi connectivity index (χ1v) is 6.73. The molecule has 0 spiro atoms. The summed E-state index contributed by atoms with van der Waals surface area (Å²) in [5.41, 5.74) is 0.180. The molecule has 2 aromatic heterocycles. The monoisotopic (exact) mass is 323 g/mol. The molecule has 0 saturated carbocycles. The van der Waals surface area contributed by atoms with Crippen LogP contribution in [-0.2, 0) is 4.79 Å². The Morgan fingerprint density at radius 3 is 3.39 bits per heavy atom. The molecule has 2 N–H and O–H groups in total. The largest absolute Gasteiger partial charge is 0.346 e. The Kier molecular flexibility index (Phi) is 1.98. The number of H-pyrrole nitrogens is 2. The molecule has 1 amide bonds. The third kappa shape index (κ3) is 2.84. The van der Waals surface area contributed by atoms with Crippen molar-refractivity contribution in [2.24, 2.45) is 5.92 Å². The molecule has 0 aliphatic carbocycles. The molecule has 120 valence electrons. The second kappa shape index (κ2) is 6.24. The van der Waals surface area contributed by atoms with Gasteiger partial charge < -0.3 is 14.7 Å². The van der Waals surface area contributed by atoms with Crippen molar-refractivity contribution in [1.82, 2.24) is 24.4 Å². The van der Waals surface area contributed by atoms with Crippen molar-refractivity contribution < 1.29 is 18.5 Å². The fraction of sp³-hybridized carbons (Fsp3) is 0.500. The molecule has 2 aromatic rings. The van der Waals surface area contributed by atoms with Crippen LogP contribution >= 0.6 is 0 Å². The second-order valence-corrected chi connectivity index (χ2v) is 4.84. The number of likely N-dealkylation sites (tertiary alicyclic amines) is 1. The first kappa shape index (κ1) is 7.30. The number of nitrogens with zero attached hydrogens (tertiary/aromatic N) is 4. The van der Waals surface area contributed by atoms with Crippen molar-refractivity contribution in [2.75, 3.05) is 26.5 Å². The average molecular weight is 323 g/mol. The number of carbonyl (C=O) groups is 1. The van der Waals surface area contributed by atoms with Crippen molar-refractivity contribution >= 4 is 16.9 Å². The molecule has 3 rings (SSSR count). The van der Waals surface area contributed by atoms with Crippen molar-refractivity contribution in [2.45, 2.75) is 19.3 Å². The molecule has 7 nitrogen and oxygen atoms in total. The van der Waals surface area contributed by atoms with Crippen LogP contribution in [0.1, 0.15) is 27.0 Å². The first-order valence-electron chi connectivity index (χ1n) is 11.7. The third-order valence-corrected chi connectivity index (χ3v) is 3.40. The highest BCUT2D eigenvalue weighted by atomic mass is 16.2. The van der Waals surface area contributed by atoms with Crippen LogP contribution in [0.4, 0.5) is 0 Å². The fourth-order valence-corrected chi connectivity index (χ4v) is 2.27. The van der Waals surface area contributed by atoms with Gasteiger partial charge in [0.25, 0.3) is 12.0 Å². The molecule has 23 heavy (non-hydrogen) atoms. The van der Waals surface area contributed by atoms with E-state index in [1.165, 1.54) is 19.3 Å². The lowest BCUT2D eigenvalue weighted by atomic mass is 9.93. The molecular weight excluding hydrogens is 292 g/mol. The number of piperidine rings is 1. The SMILES string of the molecule is [2H]c1nc2[nH]ccc2c(=[N+](C)[C@@]2([2H])[C@H](C)C([2H])([2H])C([2H])([2H])N(C(=O)C([2H])([2H])[N+]#[C-])C2([2H])[2H])[nH]1. The third-order valence-electron chi connectivity index (χ3n) is 3.40. The molecule has 0 bridgehead atoms. The fourth-order valence-electron chi connectivity index (χ4n) is 2.27. The van der Waals surface area contributed by atoms with Crippen molar-refractivity contribution in [1.29, 1.82) is 0 Å². The Hall–Kier alpha value is -2.62. The van der Waals surface area contributed by atoms with Crippen LogP contribution in [0.25, 0.3) is 15.9 Å². The zero-order valence-electron chi connectivity index (χ0n) is 22.4. The number of aromatic nitrogens is 3. The van der Waals surface area contributed by atoms with Gasteiger partial charge in [-0.05, 0) is 18.4 Å². The van der Waals surface area contributed by atoms with Gasteiger partial charge in [-0.25, -0.2) is 11.6 Å². The topological polar surface area (TPSA) is 72.2 Å². The number of aromatic amines is 2. The zero-order valence-corrected chi connectivity index (χ0v) is 12.4. The summed E-state index contributed by atoms with van der Waals surface area (Å²) in [4.78, 5) is 24.4. The maximum atomic E-state index is 12.9. The van der Waals surface area contributed by atoms with E-state index in [2.05, 4.69) is 19.8 Å². The minimum atomic E-state index is -3.41. The van der Waals surface area contributed by atoms with E-state index in [1.54, 1.807) is 0 Å². The highest BCUT2D eigenvalue weighted by Gasteiger charge is 2.33. The molecule has 2 atom stereocenters. The normalized spacial score (nSPS) is 39.5. The van der Waals surface area contributed by atoms with E-state index in [0.29, 0.717) is 5.39 Å². The molecule has 1 aliphatic rings. The first-order chi connectivity index (χ1) is 14.9. The number of rotatable bonds is 2. The quantitative estimate of drug-likeness (QED) is 0.622. The van der Waals surface area contributed by atoms with Gasteiger partial charge in [0.05, 0.1) is 17.7 Å². The van der Waals surface area contributed by atoms with Gasteiger partial charge in [0.1, 0.15) is 21.2 Å². The summed E-state index contributed by atoms with van der Waals surface area (Å²) in [6, 6.07) is -1.24. The summed E-state index contributed by atoms with van der Waals surface area (Å²) in [5.74, 6) is -3.69.